The predicted octanol–water partition coefficient (Wildman–Crippen LogP) is 5.06. The van der Waals surface area contributed by atoms with Gasteiger partial charge < -0.3 is 10.1 Å². The van der Waals surface area contributed by atoms with Gasteiger partial charge in [-0.3, -0.25) is 4.90 Å². The summed E-state index contributed by atoms with van der Waals surface area (Å²) in [7, 11) is 0. The third-order valence-corrected chi connectivity index (χ3v) is 6.12. The average Bonchev–Trinajstić information content (AvgIpc) is 2.69. The molecule has 0 aromatic heterocycles. The van der Waals surface area contributed by atoms with E-state index in [2.05, 4.69) is 15.0 Å². The molecule has 27 heavy (non-hydrogen) atoms. The van der Waals surface area contributed by atoms with E-state index in [0.29, 0.717) is 0 Å². The first-order valence-corrected chi connectivity index (χ1v) is 10.7. The Bertz CT molecular complexity index is 582. The van der Waals surface area contributed by atoms with E-state index in [4.69, 9.17) is 0 Å². The Labute approximate surface area is 163 Å². The highest BCUT2D eigenvalue weighted by atomic mass is 19.1. The van der Waals surface area contributed by atoms with Crippen molar-refractivity contribution >= 4 is 11.4 Å². The summed E-state index contributed by atoms with van der Waals surface area (Å²) in [4.78, 5) is 4.82. The second kappa shape index (κ2) is 10.6. The van der Waals surface area contributed by atoms with Crippen LogP contribution in [0.25, 0.3) is 0 Å². The lowest BCUT2D eigenvalue weighted by Crippen LogP contribution is -2.52. The summed E-state index contributed by atoms with van der Waals surface area (Å²) in [6.07, 6.45) is 12.2. The zero-order valence-electron chi connectivity index (χ0n) is 16.5. The molecular formula is C22H34FN3O. The van der Waals surface area contributed by atoms with E-state index in [-0.39, 0.29) is 11.9 Å². The number of hydrogen-bond donors (Lipinski definition) is 1. The van der Waals surface area contributed by atoms with Crippen LogP contribution in [0.4, 0.5) is 10.1 Å². The minimum absolute atomic E-state index is 0.186. The van der Waals surface area contributed by atoms with Gasteiger partial charge in [0.1, 0.15) is 5.82 Å². The zero-order chi connectivity index (χ0) is 18.9. The molecule has 0 bridgehead atoms. The largest absolute Gasteiger partial charge is 0.411 e. The summed E-state index contributed by atoms with van der Waals surface area (Å²) in [5, 5.41) is 13.4. The monoisotopic (exact) mass is 375 g/mol. The lowest BCUT2D eigenvalue weighted by atomic mass is 9.95. The van der Waals surface area contributed by atoms with Crippen molar-refractivity contribution in [2.24, 2.45) is 5.16 Å². The maximum absolute atomic E-state index is 13.2. The number of benzene rings is 1. The molecule has 5 heteroatoms. The number of oxime groups is 1. The fourth-order valence-electron chi connectivity index (χ4n) is 4.49. The lowest BCUT2D eigenvalue weighted by Gasteiger charge is -2.40. The first kappa shape index (κ1) is 20.1. The Morgan fingerprint density at radius 3 is 2.04 bits per heavy atom. The van der Waals surface area contributed by atoms with Crippen LogP contribution in [0.3, 0.4) is 0 Å². The quantitative estimate of drug-likeness (QED) is 0.580. The Morgan fingerprint density at radius 1 is 0.815 bits per heavy atom. The van der Waals surface area contributed by atoms with Gasteiger partial charge in [0.15, 0.2) is 0 Å². The van der Waals surface area contributed by atoms with Crippen molar-refractivity contribution in [2.45, 2.75) is 70.3 Å². The second-order valence-electron chi connectivity index (χ2n) is 7.97. The fourth-order valence-corrected chi connectivity index (χ4v) is 4.49. The molecule has 1 aliphatic heterocycles. The van der Waals surface area contributed by atoms with Gasteiger partial charge >= 0.3 is 0 Å². The normalized spacial score (nSPS) is 25.7. The molecule has 1 heterocycles. The van der Waals surface area contributed by atoms with Crippen molar-refractivity contribution in [3.63, 3.8) is 0 Å². The standard InChI is InChI=1S/C22H34FN3O/c23-19-11-13-20(14-12-19)25-15-17-26(18-16-25)22-10-8-6-4-2-1-3-5-7-9-21(22)24-27/h11-14,22,27H,1-10,15-18H2/b24-21-. The predicted molar refractivity (Wildman–Crippen MR) is 109 cm³/mol. The molecule has 1 saturated carbocycles. The molecule has 1 N–H and O–H groups in total. The van der Waals surface area contributed by atoms with Crippen molar-refractivity contribution in [1.29, 1.82) is 0 Å². The topological polar surface area (TPSA) is 39.1 Å². The van der Waals surface area contributed by atoms with E-state index in [1.165, 1.54) is 57.1 Å². The summed E-state index contributed by atoms with van der Waals surface area (Å²) in [6, 6.07) is 7.06. The van der Waals surface area contributed by atoms with Gasteiger partial charge in [-0.1, -0.05) is 50.1 Å². The third-order valence-electron chi connectivity index (χ3n) is 6.12. The molecule has 0 amide bonds. The number of anilines is 1. The molecule has 1 atom stereocenters. The van der Waals surface area contributed by atoms with Gasteiger partial charge in [-0.2, -0.15) is 0 Å². The van der Waals surface area contributed by atoms with Gasteiger partial charge in [-0.15, -0.1) is 0 Å². The van der Waals surface area contributed by atoms with Crippen LogP contribution in [0.2, 0.25) is 0 Å². The highest BCUT2D eigenvalue weighted by molar-refractivity contribution is 5.89. The molecule has 0 radical (unpaired) electrons. The first-order valence-electron chi connectivity index (χ1n) is 10.7. The van der Waals surface area contributed by atoms with Crippen molar-refractivity contribution in [2.75, 3.05) is 31.1 Å². The van der Waals surface area contributed by atoms with Gasteiger partial charge in [-0.25, -0.2) is 4.39 Å². The number of halogens is 1. The number of hydrogen-bond acceptors (Lipinski definition) is 4. The molecule has 1 saturated heterocycles. The summed E-state index contributed by atoms with van der Waals surface area (Å²) >= 11 is 0. The number of rotatable bonds is 2. The molecule has 1 aromatic rings. The van der Waals surface area contributed by atoms with Gasteiger partial charge in [0.05, 0.1) is 11.8 Å². The molecule has 1 unspecified atom stereocenters. The van der Waals surface area contributed by atoms with Crippen LogP contribution in [-0.4, -0.2) is 48.0 Å². The molecule has 2 aliphatic rings. The van der Waals surface area contributed by atoms with Crippen LogP contribution in [0.5, 0.6) is 0 Å². The van der Waals surface area contributed by atoms with Gasteiger partial charge in [0.2, 0.25) is 0 Å². The van der Waals surface area contributed by atoms with Crippen LogP contribution in [0.15, 0.2) is 29.4 Å². The number of piperazine rings is 1. The molecule has 0 spiro atoms. The lowest BCUT2D eigenvalue weighted by molar-refractivity contribution is 0.208. The van der Waals surface area contributed by atoms with E-state index in [1.54, 1.807) is 0 Å². The van der Waals surface area contributed by atoms with E-state index in [1.807, 2.05) is 12.1 Å². The van der Waals surface area contributed by atoms with Crippen LogP contribution in [0, 0.1) is 5.82 Å². The van der Waals surface area contributed by atoms with Crippen molar-refractivity contribution in [3.05, 3.63) is 30.1 Å². The number of nitrogens with zero attached hydrogens (tertiary/aromatic N) is 3. The van der Waals surface area contributed by atoms with Crippen LogP contribution >= 0.6 is 0 Å². The molecule has 3 rings (SSSR count). The SMILES string of the molecule is O/N=C1/CCCCCCCCCCC1N1CCN(c2ccc(F)cc2)CC1. The maximum Gasteiger partial charge on any atom is 0.123 e. The smallest absolute Gasteiger partial charge is 0.123 e. The average molecular weight is 376 g/mol. The Balaban J connectivity index is 1.60. The first-order chi connectivity index (χ1) is 13.3. The maximum atomic E-state index is 13.2. The van der Waals surface area contributed by atoms with E-state index in [9.17, 15) is 9.60 Å². The van der Waals surface area contributed by atoms with Crippen LogP contribution in [-0.2, 0) is 0 Å². The van der Waals surface area contributed by atoms with Gasteiger partial charge in [0.25, 0.3) is 0 Å². The van der Waals surface area contributed by atoms with Crippen molar-refractivity contribution < 1.29 is 9.60 Å². The van der Waals surface area contributed by atoms with Gasteiger partial charge in [0, 0.05) is 31.9 Å². The molecular weight excluding hydrogens is 341 g/mol. The van der Waals surface area contributed by atoms with Crippen LogP contribution in [0.1, 0.15) is 64.2 Å². The molecule has 1 aromatic carbocycles. The van der Waals surface area contributed by atoms with Crippen LogP contribution < -0.4 is 4.90 Å². The highest BCUT2D eigenvalue weighted by Crippen LogP contribution is 2.22. The van der Waals surface area contributed by atoms with Gasteiger partial charge in [-0.05, 0) is 43.5 Å². The van der Waals surface area contributed by atoms with E-state index in [0.717, 1.165) is 56.8 Å². The summed E-state index contributed by atoms with van der Waals surface area (Å²) in [5.74, 6) is -0.186. The fraction of sp³-hybridized carbons (Fsp3) is 0.682. The molecule has 150 valence electrons. The Morgan fingerprint density at radius 2 is 1.41 bits per heavy atom. The zero-order valence-corrected chi connectivity index (χ0v) is 16.5. The minimum Gasteiger partial charge on any atom is -0.411 e. The van der Waals surface area contributed by atoms with Crippen molar-refractivity contribution in [1.82, 2.24) is 4.90 Å². The summed E-state index contributed by atoms with van der Waals surface area (Å²) < 4.78 is 13.2. The molecule has 2 fully saturated rings. The summed E-state index contributed by atoms with van der Waals surface area (Å²) in [6.45, 7) is 3.78. The molecule has 4 nitrogen and oxygen atoms in total. The summed E-state index contributed by atoms with van der Waals surface area (Å²) in [5.41, 5.74) is 2.07. The molecule has 1 aliphatic carbocycles. The Hall–Kier alpha value is -1.62. The minimum atomic E-state index is -0.186. The Kier molecular flexibility index (Phi) is 7.93. The van der Waals surface area contributed by atoms with E-state index < -0.39 is 0 Å². The van der Waals surface area contributed by atoms with E-state index >= 15 is 0 Å². The third kappa shape index (κ3) is 5.93. The highest BCUT2D eigenvalue weighted by Gasteiger charge is 2.27. The van der Waals surface area contributed by atoms with Crippen molar-refractivity contribution in [3.8, 4) is 0 Å². The second-order valence-corrected chi connectivity index (χ2v) is 7.97.